The molecule has 154 valence electrons. The summed E-state index contributed by atoms with van der Waals surface area (Å²) >= 11 is 0. The zero-order chi connectivity index (χ0) is 21.1. The Morgan fingerprint density at radius 3 is 2.39 bits per heavy atom. The highest BCUT2D eigenvalue weighted by atomic mass is 19.4. The minimum Gasteiger partial charge on any atom is -0.353 e. The smallest absolute Gasteiger partial charge is 0.353 e. The van der Waals surface area contributed by atoms with Gasteiger partial charge in [0.1, 0.15) is 0 Å². The summed E-state index contributed by atoms with van der Waals surface area (Å²) in [5.41, 5.74) is -2.66. The molecule has 0 spiro atoms. The van der Waals surface area contributed by atoms with E-state index in [-0.39, 0.29) is 17.3 Å². The number of halogens is 6. The van der Waals surface area contributed by atoms with Crippen molar-refractivity contribution in [2.75, 3.05) is 6.54 Å². The summed E-state index contributed by atoms with van der Waals surface area (Å²) < 4.78 is 77.8. The monoisotopic (exact) mass is 408 g/mol. The first-order valence-electron chi connectivity index (χ1n) is 8.49. The highest BCUT2D eigenvalue weighted by molar-refractivity contribution is 5.96. The van der Waals surface area contributed by atoms with Crippen LogP contribution in [0, 0.1) is 5.92 Å². The molecule has 0 radical (unpaired) electrons. The standard InChI is InChI=1S/C18H18F6N2O2/c1-2-25-16(28)13-5-3-4-6-14(13)26-15(27)10-7-11(17(19,20)21)9-12(8-10)18(22,23)24/h4,6-7,9-10H,2-3,5,8H2,1H3,(H,25,28)(H,26,27). The van der Waals surface area contributed by atoms with Gasteiger partial charge in [0.25, 0.3) is 0 Å². The Hall–Kier alpha value is -2.52. The Balaban J connectivity index is 2.30. The molecule has 0 aromatic rings. The number of carbonyl (C=O) groups is 2. The van der Waals surface area contributed by atoms with Crippen molar-refractivity contribution in [3.63, 3.8) is 0 Å². The molecular formula is C18H18F6N2O2. The van der Waals surface area contributed by atoms with Gasteiger partial charge in [-0.1, -0.05) is 12.2 Å². The molecule has 2 aliphatic rings. The van der Waals surface area contributed by atoms with Crippen LogP contribution in [0.15, 0.2) is 46.7 Å². The number of hydrogen-bond donors (Lipinski definition) is 2. The van der Waals surface area contributed by atoms with Crippen LogP contribution in [0.2, 0.25) is 0 Å². The third kappa shape index (κ3) is 5.26. The number of amides is 2. The van der Waals surface area contributed by atoms with E-state index >= 15 is 0 Å². The van der Waals surface area contributed by atoms with Gasteiger partial charge in [-0.2, -0.15) is 26.3 Å². The Morgan fingerprint density at radius 1 is 1.14 bits per heavy atom. The fourth-order valence-electron chi connectivity index (χ4n) is 2.86. The lowest BCUT2D eigenvalue weighted by Gasteiger charge is -2.25. The summed E-state index contributed by atoms with van der Waals surface area (Å²) in [5, 5.41) is 4.86. The summed E-state index contributed by atoms with van der Waals surface area (Å²) in [4.78, 5) is 24.5. The molecule has 2 rings (SSSR count). The first kappa shape index (κ1) is 21.8. The maximum absolute atomic E-state index is 13.0. The summed E-state index contributed by atoms with van der Waals surface area (Å²) in [6.07, 6.45) is -6.55. The van der Waals surface area contributed by atoms with Crippen molar-refractivity contribution in [2.45, 2.75) is 38.5 Å². The molecule has 0 aromatic carbocycles. The average molecular weight is 408 g/mol. The molecule has 0 fully saturated rings. The zero-order valence-electron chi connectivity index (χ0n) is 14.8. The van der Waals surface area contributed by atoms with Gasteiger partial charge < -0.3 is 10.6 Å². The molecule has 2 N–H and O–H groups in total. The first-order chi connectivity index (χ1) is 12.9. The Bertz CT molecular complexity index is 772. The Labute approximate surface area is 157 Å². The lowest BCUT2D eigenvalue weighted by Crippen LogP contribution is -2.35. The fourth-order valence-corrected chi connectivity index (χ4v) is 2.86. The van der Waals surface area contributed by atoms with Crippen molar-refractivity contribution in [3.05, 3.63) is 46.7 Å². The number of hydrogen-bond acceptors (Lipinski definition) is 2. The van der Waals surface area contributed by atoms with Gasteiger partial charge >= 0.3 is 12.4 Å². The summed E-state index contributed by atoms with van der Waals surface area (Å²) in [5.74, 6) is -3.16. The number of alkyl halides is 6. The van der Waals surface area contributed by atoms with Gasteiger partial charge in [0.05, 0.1) is 11.5 Å². The second kappa shape index (κ2) is 8.24. The van der Waals surface area contributed by atoms with Crippen LogP contribution in [0.4, 0.5) is 26.3 Å². The highest BCUT2D eigenvalue weighted by Crippen LogP contribution is 2.40. The van der Waals surface area contributed by atoms with Crippen molar-refractivity contribution in [1.82, 2.24) is 10.6 Å². The van der Waals surface area contributed by atoms with Gasteiger partial charge in [-0.15, -0.1) is 0 Å². The Morgan fingerprint density at radius 2 is 1.82 bits per heavy atom. The van der Waals surface area contributed by atoms with Crippen molar-refractivity contribution in [3.8, 4) is 0 Å². The van der Waals surface area contributed by atoms with Gasteiger partial charge in [0.15, 0.2) is 0 Å². The normalized spacial score (nSPS) is 20.5. The van der Waals surface area contributed by atoms with Gasteiger partial charge in [-0.25, -0.2) is 0 Å². The SMILES string of the molecule is CCNC(=O)C1=C(NC(=O)C2C=C(C(F)(F)F)C=C(C(F)(F)F)C2)C=CCC1. The molecule has 0 aromatic heterocycles. The molecule has 0 heterocycles. The van der Waals surface area contributed by atoms with Crippen LogP contribution < -0.4 is 10.6 Å². The van der Waals surface area contributed by atoms with Crippen LogP contribution in [-0.4, -0.2) is 30.7 Å². The molecule has 0 saturated carbocycles. The van der Waals surface area contributed by atoms with Crippen molar-refractivity contribution >= 4 is 11.8 Å². The molecule has 1 unspecified atom stereocenters. The van der Waals surface area contributed by atoms with E-state index < -0.39 is 47.7 Å². The predicted molar refractivity (Wildman–Crippen MR) is 88.6 cm³/mol. The first-order valence-corrected chi connectivity index (χ1v) is 8.49. The summed E-state index contributed by atoms with van der Waals surface area (Å²) in [6, 6.07) is 0. The van der Waals surface area contributed by atoms with Crippen LogP contribution in [0.1, 0.15) is 26.2 Å². The molecule has 0 saturated heterocycles. The molecule has 0 aliphatic heterocycles. The highest BCUT2D eigenvalue weighted by Gasteiger charge is 2.43. The maximum atomic E-state index is 13.0. The van der Waals surface area contributed by atoms with Crippen LogP contribution in [0.3, 0.4) is 0 Å². The van der Waals surface area contributed by atoms with Crippen LogP contribution >= 0.6 is 0 Å². The minimum absolute atomic E-state index is 0.0175. The molecule has 10 heteroatoms. The van der Waals surface area contributed by atoms with Crippen LogP contribution in [0.25, 0.3) is 0 Å². The number of nitrogens with one attached hydrogen (secondary N) is 2. The van der Waals surface area contributed by atoms with Gasteiger partial charge in [0.2, 0.25) is 11.8 Å². The predicted octanol–water partition coefficient (Wildman–Crippen LogP) is 3.84. The number of allylic oxidation sites excluding steroid dienone is 5. The van der Waals surface area contributed by atoms with Crippen molar-refractivity contribution in [1.29, 1.82) is 0 Å². The zero-order valence-corrected chi connectivity index (χ0v) is 14.8. The number of likely N-dealkylation sites (N-methyl/N-ethyl adjacent to an activating group) is 1. The molecule has 0 bridgehead atoms. The molecule has 1 atom stereocenters. The second-order valence-electron chi connectivity index (χ2n) is 6.28. The van der Waals surface area contributed by atoms with Gasteiger partial charge in [-0.3, -0.25) is 9.59 Å². The van der Waals surface area contributed by atoms with E-state index in [4.69, 9.17) is 0 Å². The van der Waals surface area contributed by atoms with Crippen molar-refractivity contribution < 1.29 is 35.9 Å². The van der Waals surface area contributed by atoms with E-state index in [1.54, 1.807) is 13.0 Å². The topological polar surface area (TPSA) is 58.2 Å². The fraction of sp³-hybridized carbons (Fsp3) is 0.444. The number of carbonyl (C=O) groups excluding carboxylic acids is 2. The van der Waals surface area contributed by atoms with E-state index in [0.717, 1.165) is 0 Å². The molecular weight excluding hydrogens is 390 g/mol. The lowest BCUT2D eigenvalue weighted by atomic mass is 9.88. The third-order valence-electron chi connectivity index (χ3n) is 4.22. The Kier molecular flexibility index (Phi) is 6.41. The van der Waals surface area contributed by atoms with E-state index in [0.29, 0.717) is 25.5 Å². The van der Waals surface area contributed by atoms with Gasteiger partial charge in [0, 0.05) is 23.4 Å². The van der Waals surface area contributed by atoms with Crippen LogP contribution in [-0.2, 0) is 9.59 Å². The molecule has 2 amide bonds. The molecule has 4 nitrogen and oxygen atoms in total. The second-order valence-corrected chi connectivity index (χ2v) is 6.28. The van der Waals surface area contributed by atoms with Gasteiger partial charge in [-0.05, 0) is 38.3 Å². The van der Waals surface area contributed by atoms with Crippen LogP contribution in [0.5, 0.6) is 0 Å². The molecule has 2 aliphatic carbocycles. The maximum Gasteiger partial charge on any atom is 0.416 e. The third-order valence-corrected chi connectivity index (χ3v) is 4.22. The largest absolute Gasteiger partial charge is 0.416 e. The lowest BCUT2D eigenvalue weighted by molar-refractivity contribution is -0.124. The average Bonchev–Trinajstić information content (AvgIpc) is 2.60. The number of rotatable bonds is 4. The van der Waals surface area contributed by atoms with E-state index in [2.05, 4.69) is 10.6 Å². The molecule has 28 heavy (non-hydrogen) atoms. The quantitative estimate of drug-likeness (QED) is 0.695. The minimum atomic E-state index is -5.02. The summed E-state index contributed by atoms with van der Waals surface area (Å²) in [7, 11) is 0. The van der Waals surface area contributed by atoms with E-state index in [1.807, 2.05) is 0 Å². The van der Waals surface area contributed by atoms with Crippen molar-refractivity contribution in [2.24, 2.45) is 5.92 Å². The van der Waals surface area contributed by atoms with E-state index in [1.165, 1.54) is 6.08 Å². The van der Waals surface area contributed by atoms with E-state index in [9.17, 15) is 35.9 Å². The summed E-state index contributed by atoms with van der Waals surface area (Å²) in [6.45, 7) is 2.01.